The van der Waals surface area contributed by atoms with E-state index in [1.54, 1.807) is 0 Å². The number of halogens is 2. The van der Waals surface area contributed by atoms with Crippen LogP contribution in [0.5, 0.6) is 0 Å². The Bertz CT molecular complexity index is 178. The molecule has 0 unspecified atom stereocenters. The minimum Gasteiger partial charge on any atom is -0.248 e. The van der Waals surface area contributed by atoms with Gasteiger partial charge in [0.2, 0.25) is 0 Å². The molecule has 0 fully saturated rings. The van der Waals surface area contributed by atoms with Gasteiger partial charge in [0, 0.05) is 49.9 Å². The quantitative estimate of drug-likeness (QED) is 0.619. The van der Waals surface area contributed by atoms with E-state index in [1.165, 1.54) is 0 Å². The van der Waals surface area contributed by atoms with Crippen molar-refractivity contribution < 1.29 is 0 Å². The first-order valence-electron chi connectivity index (χ1n) is 4.21. The van der Waals surface area contributed by atoms with Crippen molar-refractivity contribution in [3.63, 3.8) is 0 Å². The maximum absolute atomic E-state index is 3.72. The van der Waals surface area contributed by atoms with Crippen LogP contribution in [0.25, 0.3) is 0 Å². The van der Waals surface area contributed by atoms with E-state index in [2.05, 4.69) is 74.8 Å². The molecule has 0 saturated carbocycles. The van der Waals surface area contributed by atoms with Crippen LogP contribution < -0.4 is 4.34 Å². The smallest absolute Gasteiger partial charge is 0.0448 e. The van der Waals surface area contributed by atoms with Gasteiger partial charge in [-0.15, -0.1) is 6.58 Å². The number of rotatable bonds is 5. The summed E-state index contributed by atoms with van der Waals surface area (Å²) >= 11 is 6.84. The third kappa shape index (κ3) is 3.05. The zero-order chi connectivity index (χ0) is 10.7. The van der Waals surface area contributed by atoms with Crippen LogP contribution in [-0.2, 0) is 0 Å². The van der Waals surface area contributed by atoms with Crippen LogP contribution in [0.3, 0.4) is 0 Å². The minimum atomic E-state index is -0.0422. The average Bonchev–Trinajstić information content (AvgIpc) is 2.04. The van der Waals surface area contributed by atoms with Crippen LogP contribution in [0, 0.1) is 0 Å². The Labute approximate surface area is 98.4 Å². The first-order valence-corrected chi connectivity index (χ1v) is 5.72. The van der Waals surface area contributed by atoms with Crippen LogP contribution in [0.2, 0.25) is 0 Å². The number of hydrogen-bond donors (Lipinski definition) is 1. The highest BCUT2D eigenvalue weighted by Gasteiger charge is 2.40. The summed E-state index contributed by atoms with van der Waals surface area (Å²) in [5.41, 5.74) is -0.0653. The molecule has 0 heterocycles. The standard InChI is InChI=1S/C9H18Br2N2/c1-6-7-13(11)9(4,5)8(2,3)12-10/h6,12H,1,7H2,2-5H3. The summed E-state index contributed by atoms with van der Waals surface area (Å²) in [6.45, 7) is 13.1. The van der Waals surface area contributed by atoms with Crippen molar-refractivity contribution in [2.45, 2.75) is 38.8 Å². The van der Waals surface area contributed by atoms with Crippen LogP contribution in [-0.4, -0.2) is 21.5 Å². The summed E-state index contributed by atoms with van der Waals surface area (Å²) in [6.07, 6.45) is 1.88. The van der Waals surface area contributed by atoms with E-state index >= 15 is 0 Å². The van der Waals surface area contributed by atoms with E-state index in [-0.39, 0.29) is 11.1 Å². The fourth-order valence-electron chi connectivity index (χ4n) is 0.760. The summed E-state index contributed by atoms with van der Waals surface area (Å²) in [5.74, 6) is 0. The molecule has 0 saturated heterocycles. The lowest BCUT2D eigenvalue weighted by Crippen LogP contribution is -2.59. The van der Waals surface area contributed by atoms with Gasteiger partial charge in [0.15, 0.2) is 0 Å². The predicted octanol–water partition coefficient (Wildman–Crippen LogP) is 3.24. The second-order valence-electron chi connectivity index (χ2n) is 4.11. The van der Waals surface area contributed by atoms with Crippen molar-refractivity contribution in [2.75, 3.05) is 6.54 Å². The Morgan fingerprint density at radius 2 is 1.85 bits per heavy atom. The van der Waals surface area contributed by atoms with E-state index in [0.29, 0.717) is 0 Å². The molecule has 0 aromatic heterocycles. The molecule has 0 bridgehead atoms. The second kappa shape index (κ2) is 4.91. The summed E-state index contributed by atoms with van der Waals surface area (Å²) in [5, 5.41) is 0. The largest absolute Gasteiger partial charge is 0.248 e. The molecule has 78 valence electrons. The molecular formula is C9H18Br2N2. The van der Waals surface area contributed by atoms with Gasteiger partial charge < -0.3 is 0 Å². The SMILES string of the molecule is C=CCN(Br)C(C)(C)C(C)(C)NBr. The Hall–Kier alpha value is 0.620. The normalized spacial score (nSPS) is 13.5. The van der Waals surface area contributed by atoms with Crippen molar-refractivity contribution in [3.8, 4) is 0 Å². The summed E-state index contributed by atoms with van der Waals surface area (Å²) < 4.78 is 5.21. The van der Waals surface area contributed by atoms with Gasteiger partial charge in [-0.25, -0.2) is 8.27 Å². The van der Waals surface area contributed by atoms with E-state index < -0.39 is 0 Å². The minimum absolute atomic E-state index is 0.0231. The van der Waals surface area contributed by atoms with Gasteiger partial charge in [-0.05, 0) is 27.7 Å². The highest BCUT2D eigenvalue weighted by atomic mass is 79.9. The molecule has 0 atom stereocenters. The fourth-order valence-corrected chi connectivity index (χ4v) is 1.89. The Morgan fingerprint density at radius 1 is 1.38 bits per heavy atom. The molecule has 0 radical (unpaired) electrons. The number of nitrogens with one attached hydrogen (secondary N) is 1. The predicted molar refractivity (Wildman–Crippen MR) is 66.1 cm³/mol. The van der Waals surface area contributed by atoms with Crippen LogP contribution >= 0.6 is 32.3 Å². The maximum Gasteiger partial charge on any atom is 0.0448 e. The highest BCUT2D eigenvalue weighted by molar-refractivity contribution is 9.08. The van der Waals surface area contributed by atoms with E-state index in [0.717, 1.165) is 6.54 Å². The van der Waals surface area contributed by atoms with Crippen molar-refractivity contribution in [1.29, 1.82) is 0 Å². The molecule has 0 spiro atoms. The maximum atomic E-state index is 3.72. The van der Waals surface area contributed by atoms with Gasteiger partial charge in [-0.2, -0.15) is 0 Å². The molecule has 0 amide bonds. The molecule has 0 aliphatic carbocycles. The summed E-state index contributed by atoms with van der Waals surface area (Å²) in [4.78, 5) is 0. The number of hydrogen-bond acceptors (Lipinski definition) is 2. The first kappa shape index (κ1) is 13.6. The van der Waals surface area contributed by atoms with E-state index in [4.69, 9.17) is 0 Å². The topological polar surface area (TPSA) is 15.3 Å². The first-order chi connectivity index (χ1) is 5.79. The molecule has 0 aliphatic heterocycles. The van der Waals surface area contributed by atoms with Gasteiger partial charge in [0.1, 0.15) is 0 Å². The molecule has 13 heavy (non-hydrogen) atoms. The Balaban J connectivity index is 4.62. The molecule has 4 heteroatoms. The van der Waals surface area contributed by atoms with E-state index in [1.807, 2.05) is 6.08 Å². The summed E-state index contributed by atoms with van der Waals surface area (Å²) in [7, 11) is 0. The van der Waals surface area contributed by atoms with Gasteiger partial charge in [-0.1, -0.05) is 6.08 Å². The molecular weight excluding hydrogens is 296 g/mol. The van der Waals surface area contributed by atoms with Crippen molar-refractivity contribution in [1.82, 2.24) is 8.27 Å². The van der Waals surface area contributed by atoms with Crippen LogP contribution in [0.1, 0.15) is 27.7 Å². The monoisotopic (exact) mass is 312 g/mol. The highest BCUT2D eigenvalue weighted by Crippen LogP contribution is 2.31. The Morgan fingerprint density at radius 3 is 2.15 bits per heavy atom. The molecule has 0 aromatic carbocycles. The lowest BCUT2D eigenvalue weighted by molar-refractivity contribution is 0.158. The second-order valence-corrected chi connectivity index (χ2v) is 5.36. The number of nitrogens with zero attached hydrogens (tertiary/aromatic N) is 1. The molecule has 0 aliphatic rings. The van der Waals surface area contributed by atoms with Gasteiger partial charge in [0.25, 0.3) is 0 Å². The average molecular weight is 314 g/mol. The Kier molecular flexibility index (Phi) is 5.15. The zero-order valence-corrected chi connectivity index (χ0v) is 11.9. The molecule has 2 nitrogen and oxygen atoms in total. The zero-order valence-electron chi connectivity index (χ0n) is 8.69. The molecule has 0 rings (SSSR count). The van der Waals surface area contributed by atoms with Crippen molar-refractivity contribution >= 4 is 32.3 Å². The molecule has 1 N–H and O–H groups in total. The lowest BCUT2D eigenvalue weighted by Gasteiger charge is -2.45. The van der Waals surface area contributed by atoms with Crippen LogP contribution in [0.4, 0.5) is 0 Å². The van der Waals surface area contributed by atoms with E-state index in [9.17, 15) is 0 Å². The van der Waals surface area contributed by atoms with Crippen molar-refractivity contribution in [2.24, 2.45) is 0 Å². The van der Waals surface area contributed by atoms with Gasteiger partial charge in [-0.3, -0.25) is 0 Å². The van der Waals surface area contributed by atoms with Crippen molar-refractivity contribution in [3.05, 3.63) is 12.7 Å². The van der Waals surface area contributed by atoms with Gasteiger partial charge in [0.05, 0.1) is 0 Å². The molecule has 0 aromatic rings. The van der Waals surface area contributed by atoms with Gasteiger partial charge >= 0.3 is 0 Å². The summed E-state index contributed by atoms with van der Waals surface area (Å²) in [6, 6.07) is 0. The van der Waals surface area contributed by atoms with Crippen LogP contribution in [0.15, 0.2) is 12.7 Å². The third-order valence-corrected chi connectivity index (χ3v) is 4.83. The lowest BCUT2D eigenvalue weighted by atomic mass is 9.83. The third-order valence-electron chi connectivity index (χ3n) is 2.66. The fraction of sp³-hybridized carbons (Fsp3) is 0.778.